The monoisotopic (exact) mass is 291 g/mol. The molecule has 1 unspecified atom stereocenters. The van der Waals surface area contributed by atoms with Crippen LogP contribution in [0.2, 0.25) is 0 Å². The second-order valence-corrected chi connectivity index (χ2v) is 6.69. The van der Waals surface area contributed by atoms with Crippen LogP contribution >= 0.6 is 0 Å². The van der Waals surface area contributed by atoms with E-state index in [4.69, 9.17) is 0 Å². The Kier molecular flexibility index (Phi) is 4.83. The van der Waals surface area contributed by atoms with Crippen molar-refractivity contribution in [3.05, 3.63) is 23.9 Å². The average Bonchev–Trinajstić information content (AvgIpc) is 2.97. The summed E-state index contributed by atoms with van der Waals surface area (Å²) in [5.74, 6) is 0.734. The van der Waals surface area contributed by atoms with E-state index in [9.17, 15) is 9.90 Å². The van der Waals surface area contributed by atoms with Gasteiger partial charge in [0.2, 0.25) is 0 Å². The molecule has 2 N–H and O–H groups in total. The van der Waals surface area contributed by atoms with Crippen molar-refractivity contribution in [2.24, 2.45) is 5.41 Å². The highest BCUT2D eigenvalue weighted by Gasteiger charge is 2.22. The second kappa shape index (κ2) is 6.43. The zero-order valence-electron chi connectivity index (χ0n) is 13.1. The normalized spacial score (nSPS) is 16.9. The lowest BCUT2D eigenvalue weighted by Crippen LogP contribution is -2.39. The van der Waals surface area contributed by atoms with E-state index >= 15 is 0 Å². The molecule has 5 nitrogen and oxygen atoms in total. The number of hydrogen-bond donors (Lipinski definition) is 2. The third-order valence-corrected chi connectivity index (χ3v) is 3.90. The van der Waals surface area contributed by atoms with Gasteiger partial charge in [0.05, 0.1) is 11.7 Å². The van der Waals surface area contributed by atoms with Crippen LogP contribution in [0.3, 0.4) is 0 Å². The maximum absolute atomic E-state index is 12.0. The molecule has 0 radical (unpaired) electrons. The first-order chi connectivity index (χ1) is 9.88. The summed E-state index contributed by atoms with van der Waals surface area (Å²) >= 11 is 0. The van der Waals surface area contributed by atoms with Gasteiger partial charge in [-0.3, -0.25) is 4.79 Å². The van der Waals surface area contributed by atoms with Gasteiger partial charge in [0.15, 0.2) is 0 Å². The van der Waals surface area contributed by atoms with Crippen molar-refractivity contribution in [3.63, 3.8) is 0 Å². The van der Waals surface area contributed by atoms with Crippen LogP contribution in [0.15, 0.2) is 18.3 Å². The number of amides is 1. The molecule has 1 atom stereocenters. The molecular formula is C16H25N3O2. The second-order valence-electron chi connectivity index (χ2n) is 6.69. The van der Waals surface area contributed by atoms with Gasteiger partial charge in [-0.25, -0.2) is 4.98 Å². The quantitative estimate of drug-likeness (QED) is 0.888. The number of anilines is 1. The van der Waals surface area contributed by atoms with Gasteiger partial charge in [-0.2, -0.15) is 0 Å². The van der Waals surface area contributed by atoms with Crippen molar-refractivity contribution in [2.75, 3.05) is 24.5 Å². The van der Waals surface area contributed by atoms with Crippen molar-refractivity contribution in [3.8, 4) is 0 Å². The number of nitrogens with one attached hydrogen (secondary N) is 1. The SMILES string of the molecule is CC(C)(C)C(O)CNC(=O)c1ccc(N2CCCC2)nc1. The van der Waals surface area contributed by atoms with Crippen LogP contribution in [-0.2, 0) is 0 Å². The summed E-state index contributed by atoms with van der Waals surface area (Å²) in [5, 5.41) is 12.7. The van der Waals surface area contributed by atoms with Gasteiger partial charge in [0, 0.05) is 25.8 Å². The number of rotatable bonds is 4. The standard InChI is InChI=1S/C16H25N3O2/c1-16(2,3)13(20)11-18-15(21)12-6-7-14(17-10-12)19-8-4-5-9-19/h6-7,10,13,20H,4-5,8-9,11H2,1-3H3,(H,18,21). The molecule has 21 heavy (non-hydrogen) atoms. The zero-order valence-corrected chi connectivity index (χ0v) is 13.1. The maximum atomic E-state index is 12.0. The Hall–Kier alpha value is -1.62. The van der Waals surface area contributed by atoms with E-state index in [1.54, 1.807) is 12.3 Å². The number of aliphatic hydroxyl groups is 1. The molecular weight excluding hydrogens is 266 g/mol. The molecule has 5 heteroatoms. The molecule has 0 aliphatic carbocycles. The van der Waals surface area contributed by atoms with Crippen molar-refractivity contribution < 1.29 is 9.90 Å². The van der Waals surface area contributed by atoms with Crippen LogP contribution in [0.4, 0.5) is 5.82 Å². The van der Waals surface area contributed by atoms with Crippen molar-refractivity contribution in [2.45, 2.75) is 39.7 Å². The van der Waals surface area contributed by atoms with Gasteiger partial charge >= 0.3 is 0 Å². The third kappa shape index (κ3) is 4.17. The predicted molar refractivity (Wildman–Crippen MR) is 83.5 cm³/mol. The summed E-state index contributed by atoms with van der Waals surface area (Å²) in [6, 6.07) is 3.68. The van der Waals surface area contributed by atoms with Crippen molar-refractivity contribution >= 4 is 11.7 Å². The molecule has 0 saturated carbocycles. The number of nitrogens with zero attached hydrogens (tertiary/aromatic N) is 2. The van der Waals surface area contributed by atoms with E-state index in [0.717, 1.165) is 18.9 Å². The highest BCUT2D eigenvalue weighted by molar-refractivity contribution is 5.94. The number of aromatic nitrogens is 1. The van der Waals surface area contributed by atoms with Crippen LogP contribution in [0.1, 0.15) is 44.0 Å². The first kappa shape index (κ1) is 15.8. The van der Waals surface area contributed by atoms with Gasteiger partial charge in [-0.05, 0) is 30.4 Å². The maximum Gasteiger partial charge on any atom is 0.252 e. The number of pyridine rings is 1. The fourth-order valence-corrected chi connectivity index (χ4v) is 2.25. The lowest BCUT2D eigenvalue weighted by Gasteiger charge is -2.25. The van der Waals surface area contributed by atoms with Crippen LogP contribution in [-0.4, -0.2) is 41.7 Å². The number of hydrogen-bond acceptors (Lipinski definition) is 4. The van der Waals surface area contributed by atoms with E-state index in [0.29, 0.717) is 5.56 Å². The molecule has 2 heterocycles. The summed E-state index contributed by atoms with van der Waals surface area (Å²) in [5.41, 5.74) is 0.282. The predicted octanol–water partition coefficient (Wildman–Crippen LogP) is 1.82. The van der Waals surface area contributed by atoms with Gasteiger partial charge in [-0.15, -0.1) is 0 Å². The molecule has 1 saturated heterocycles. The molecule has 2 rings (SSSR count). The fraction of sp³-hybridized carbons (Fsp3) is 0.625. The smallest absolute Gasteiger partial charge is 0.252 e. The van der Waals surface area contributed by atoms with Crippen molar-refractivity contribution in [1.29, 1.82) is 0 Å². The summed E-state index contributed by atoms with van der Waals surface area (Å²) < 4.78 is 0. The Labute approximate surface area is 126 Å². The number of aliphatic hydroxyl groups excluding tert-OH is 1. The minimum atomic E-state index is -0.571. The van der Waals surface area contributed by atoms with Gasteiger partial charge in [0.25, 0.3) is 5.91 Å². The van der Waals surface area contributed by atoms with E-state index in [1.807, 2.05) is 26.8 Å². The Morgan fingerprint density at radius 1 is 1.38 bits per heavy atom. The average molecular weight is 291 g/mol. The van der Waals surface area contributed by atoms with Gasteiger partial charge in [0.1, 0.15) is 5.82 Å². The van der Waals surface area contributed by atoms with Crippen LogP contribution in [0.5, 0.6) is 0 Å². The van der Waals surface area contributed by atoms with E-state index in [2.05, 4.69) is 15.2 Å². The molecule has 1 aliphatic rings. The van der Waals surface area contributed by atoms with Crippen LogP contribution in [0.25, 0.3) is 0 Å². The highest BCUT2D eigenvalue weighted by Crippen LogP contribution is 2.19. The Morgan fingerprint density at radius 2 is 2.05 bits per heavy atom. The minimum absolute atomic E-state index is 0.196. The van der Waals surface area contributed by atoms with Crippen LogP contribution < -0.4 is 10.2 Å². The minimum Gasteiger partial charge on any atom is -0.391 e. The Balaban J connectivity index is 1.90. The first-order valence-electron chi connectivity index (χ1n) is 7.55. The molecule has 1 aromatic heterocycles. The van der Waals surface area contributed by atoms with E-state index in [1.165, 1.54) is 12.8 Å². The number of carbonyl (C=O) groups is 1. The summed E-state index contributed by atoms with van der Waals surface area (Å²) in [6.45, 7) is 8.14. The van der Waals surface area contributed by atoms with Gasteiger partial charge in [-0.1, -0.05) is 20.8 Å². The van der Waals surface area contributed by atoms with E-state index in [-0.39, 0.29) is 17.9 Å². The highest BCUT2D eigenvalue weighted by atomic mass is 16.3. The number of carbonyl (C=O) groups excluding carboxylic acids is 1. The Bertz CT molecular complexity index is 473. The van der Waals surface area contributed by atoms with E-state index < -0.39 is 6.10 Å². The molecule has 1 amide bonds. The van der Waals surface area contributed by atoms with Crippen molar-refractivity contribution in [1.82, 2.24) is 10.3 Å². The van der Waals surface area contributed by atoms with Crippen LogP contribution in [0, 0.1) is 5.41 Å². The molecule has 0 spiro atoms. The molecule has 116 valence electrons. The summed E-state index contributed by atoms with van der Waals surface area (Å²) in [4.78, 5) is 18.6. The topological polar surface area (TPSA) is 65.5 Å². The largest absolute Gasteiger partial charge is 0.391 e. The molecule has 1 fully saturated rings. The molecule has 0 aromatic carbocycles. The Morgan fingerprint density at radius 3 is 2.57 bits per heavy atom. The van der Waals surface area contributed by atoms with Gasteiger partial charge < -0.3 is 15.3 Å². The fourth-order valence-electron chi connectivity index (χ4n) is 2.25. The first-order valence-corrected chi connectivity index (χ1v) is 7.55. The molecule has 1 aromatic rings. The summed E-state index contributed by atoms with van der Waals surface area (Å²) in [7, 11) is 0. The summed E-state index contributed by atoms with van der Waals surface area (Å²) in [6.07, 6.45) is 3.44. The molecule has 0 bridgehead atoms. The molecule has 1 aliphatic heterocycles. The zero-order chi connectivity index (χ0) is 15.5. The lowest BCUT2D eigenvalue weighted by molar-refractivity contribution is 0.0587. The lowest BCUT2D eigenvalue weighted by atomic mass is 9.89. The third-order valence-electron chi connectivity index (χ3n) is 3.90.